The Morgan fingerprint density at radius 2 is 2.10 bits per heavy atom. The Balaban J connectivity index is 2.26. The number of sulfonamides is 1. The maximum absolute atomic E-state index is 12.2. The summed E-state index contributed by atoms with van der Waals surface area (Å²) < 4.78 is 27.4. The second-order valence-electron chi connectivity index (χ2n) is 4.30. The summed E-state index contributed by atoms with van der Waals surface area (Å²) in [6.45, 7) is 2.10. The fourth-order valence-electron chi connectivity index (χ4n) is 1.66. The molecule has 0 saturated carbocycles. The molecule has 1 aromatic carbocycles. The van der Waals surface area contributed by atoms with Gasteiger partial charge in [-0.1, -0.05) is 0 Å². The van der Waals surface area contributed by atoms with Crippen LogP contribution in [0.2, 0.25) is 0 Å². The number of benzene rings is 1. The topological polar surface area (TPSA) is 83.5 Å². The molecule has 0 aliphatic rings. The van der Waals surface area contributed by atoms with Gasteiger partial charge in [0, 0.05) is 15.0 Å². The maximum Gasteiger partial charge on any atom is 0.336 e. The largest absolute Gasteiger partial charge is 0.478 e. The molecule has 0 saturated heterocycles. The van der Waals surface area contributed by atoms with Crippen molar-refractivity contribution >= 4 is 49.9 Å². The number of hydrogen-bond donors (Lipinski definition) is 2. The summed E-state index contributed by atoms with van der Waals surface area (Å²) in [5.41, 5.74) is 1.00. The van der Waals surface area contributed by atoms with Crippen LogP contribution >= 0.6 is 33.9 Å². The molecular formula is C13H12INO4S2. The van der Waals surface area contributed by atoms with Gasteiger partial charge in [-0.05, 0) is 64.7 Å². The van der Waals surface area contributed by atoms with Crippen molar-refractivity contribution in [3.05, 3.63) is 49.2 Å². The van der Waals surface area contributed by atoms with E-state index in [-0.39, 0.29) is 17.0 Å². The number of thiophene rings is 1. The first-order chi connectivity index (χ1) is 9.81. The second-order valence-corrected chi connectivity index (χ2v) is 8.23. The summed E-state index contributed by atoms with van der Waals surface area (Å²) in [7, 11) is -3.74. The molecule has 1 aromatic heterocycles. The van der Waals surface area contributed by atoms with E-state index < -0.39 is 16.0 Å². The molecular weight excluding hydrogens is 425 g/mol. The summed E-state index contributed by atoms with van der Waals surface area (Å²) >= 11 is 3.33. The minimum atomic E-state index is -3.74. The lowest BCUT2D eigenvalue weighted by Crippen LogP contribution is -2.23. The van der Waals surface area contributed by atoms with E-state index in [0.29, 0.717) is 3.57 Å². The van der Waals surface area contributed by atoms with E-state index in [0.717, 1.165) is 10.4 Å². The van der Waals surface area contributed by atoms with E-state index >= 15 is 0 Å². The molecule has 0 amide bonds. The van der Waals surface area contributed by atoms with Crippen LogP contribution in [0, 0.1) is 10.5 Å². The lowest BCUT2D eigenvalue weighted by Gasteiger charge is -2.08. The number of carboxylic acids is 1. The van der Waals surface area contributed by atoms with Gasteiger partial charge in [0.2, 0.25) is 10.0 Å². The summed E-state index contributed by atoms with van der Waals surface area (Å²) in [6, 6.07) is 5.97. The van der Waals surface area contributed by atoms with E-state index in [2.05, 4.69) is 4.72 Å². The lowest BCUT2D eigenvalue weighted by atomic mass is 10.2. The van der Waals surface area contributed by atoms with Crippen molar-refractivity contribution in [3.63, 3.8) is 0 Å². The Bertz CT molecular complexity index is 783. The van der Waals surface area contributed by atoms with Crippen molar-refractivity contribution in [2.24, 2.45) is 0 Å². The first-order valence-corrected chi connectivity index (χ1v) is 9.31. The van der Waals surface area contributed by atoms with Crippen LogP contribution in [0.3, 0.4) is 0 Å². The zero-order chi connectivity index (χ0) is 15.6. The van der Waals surface area contributed by atoms with Gasteiger partial charge in [0.25, 0.3) is 0 Å². The smallest absolute Gasteiger partial charge is 0.336 e. The standard InChI is InChI=1S/C13H12INO4S2/c1-8-4-5-20-12(8)7-15-21(18,19)9-2-3-11(14)10(6-9)13(16)17/h2-6,15H,7H2,1H3,(H,16,17). The average molecular weight is 437 g/mol. The molecule has 5 nitrogen and oxygen atoms in total. The number of aromatic carboxylic acids is 1. The minimum Gasteiger partial charge on any atom is -0.478 e. The molecule has 1 heterocycles. The van der Waals surface area contributed by atoms with E-state index in [4.69, 9.17) is 5.11 Å². The van der Waals surface area contributed by atoms with Gasteiger partial charge in [-0.15, -0.1) is 11.3 Å². The van der Waals surface area contributed by atoms with Crippen molar-refractivity contribution in [3.8, 4) is 0 Å². The van der Waals surface area contributed by atoms with E-state index in [1.807, 2.05) is 41.0 Å². The third kappa shape index (κ3) is 3.82. The third-order valence-corrected chi connectivity index (χ3v) is 6.23. The number of carbonyl (C=O) groups is 1. The van der Waals surface area contributed by atoms with Gasteiger partial charge < -0.3 is 5.11 Å². The number of halogens is 1. The van der Waals surface area contributed by atoms with Crippen LogP contribution in [0.1, 0.15) is 20.8 Å². The average Bonchev–Trinajstić information content (AvgIpc) is 2.82. The molecule has 0 aliphatic heterocycles. The summed E-state index contributed by atoms with van der Waals surface area (Å²) in [5, 5.41) is 10.9. The van der Waals surface area contributed by atoms with Crippen molar-refractivity contribution < 1.29 is 18.3 Å². The molecule has 2 aromatic rings. The van der Waals surface area contributed by atoms with Gasteiger partial charge in [-0.3, -0.25) is 0 Å². The van der Waals surface area contributed by atoms with Gasteiger partial charge in [0.15, 0.2) is 0 Å². The quantitative estimate of drug-likeness (QED) is 0.705. The highest BCUT2D eigenvalue weighted by Crippen LogP contribution is 2.20. The van der Waals surface area contributed by atoms with Crippen LogP contribution in [-0.2, 0) is 16.6 Å². The highest BCUT2D eigenvalue weighted by molar-refractivity contribution is 14.1. The summed E-state index contributed by atoms with van der Waals surface area (Å²) in [6.07, 6.45) is 0. The molecule has 0 radical (unpaired) electrons. The van der Waals surface area contributed by atoms with E-state index in [1.54, 1.807) is 0 Å². The predicted octanol–water partition coefficient (Wildman–Crippen LogP) is 2.84. The molecule has 0 fully saturated rings. The van der Waals surface area contributed by atoms with Crippen molar-refractivity contribution in [2.45, 2.75) is 18.4 Å². The van der Waals surface area contributed by atoms with Crippen LogP contribution < -0.4 is 4.72 Å². The molecule has 0 atom stereocenters. The van der Waals surface area contributed by atoms with Crippen LogP contribution in [-0.4, -0.2) is 19.5 Å². The fraction of sp³-hybridized carbons (Fsp3) is 0.154. The van der Waals surface area contributed by atoms with Crippen LogP contribution in [0.15, 0.2) is 34.5 Å². The van der Waals surface area contributed by atoms with Gasteiger partial charge in [-0.25, -0.2) is 17.9 Å². The normalized spacial score (nSPS) is 11.5. The number of carboxylic acid groups (broad SMARTS) is 1. The van der Waals surface area contributed by atoms with Gasteiger partial charge >= 0.3 is 5.97 Å². The Hall–Kier alpha value is -0.970. The number of aryl methyl sites for hydroxylation is 1. The molecule has 112 valence electrons. The van der Waals surface area contributed by atoms with Crippen LogP contribution in [0.4, 0.5) is 0 Å². The Morgan fingerprint density at radius 1 is 1.38 bits per heavy atom. The SMILES string of the molecule is Cc1ccsc1CNS(=O)(=O)c1ccc(I)c(C(=O)O)c1. The van der Waals surface area contributed by atoms with Crippen molar-refractivity contribution in [1.29, 1.82) is 0 Å². The Labute approximate surface area is 140 Å². The monoisotopic (exact) mass is 437 g/mol. The molecule has 2 N–H and O–H groups in total. The molecule has 8 heteroatoms. The Kier molecular flexibility index (Phi) is 5.02. The highest BCUT2D eigenvalue weighted by Gasteiger charge is 2.18. The number of rotatable bonds is 5. The second kappa shape index (κ2) is 6.42. The summed E-state index contributed by atoms with van der Waals surface area (Å²) in [5.74, 6) is -1.15. The third-order valence-electron chi connectivity index (χ3n) is 2.87. The van der Waals surface area contributed by atoms with E-state index in [1.165, 1.54) is 29.5 Å². The lowest BCUT2D eigenvalue weighted by molar-refractivity contribution is 0.0695. The molecule has 21 heavy (non-hydrogen) atoms. The van der Waals surface area contributed by atoms with Crippen LogP contribution in [0.5, 0.6) is 0 Å². The first-order valence-electron chi connectivity index (χ1n) is 5.87. The first kappa shape index (κ1) is 16.4. The zero-order valence-electron chi connectivity index (χ0n) is 11.0. The molecule has 0 unspecified atom stereocenters. The van der Waals surface area contributed by atoms with Gasteiger partial charge in [0.05, 0.1) is 10.5 Å². The molecule has 0 bridgehead atoms. The maximum atomic E-state index is 12.2. The minimum absolute atomic E-state index is 0.0224. The zero-order valence-corrected chi connectivity index (χ0v) is 14.8. The molecule has 0 aliphatic carbocycles. The van der Waals surface area contributed by atoms with Crippen LogP contribution in [0.25, 0.3) is 0 Å². The Morgan fingerprint density at radius 3 is 2.67 bits per heavy atom. The van der Waals surface area contributed by atoms with Gasteiger partial charge in [0.1, 0.15) is 0 Å². The highest BCUT2D eigenvalue weighted by atomic mass is 127. The fourth-order valence-corrected chi connectivity index (χ4v) is 4.19. The van der Waals surface area contributed by atoms with Crippen molar-refractivity contribution in [1.82, 2.24) is 4.72 Å². The predicted molar refractivity (Wildman–Crippen MR) is 89.2 cm³/mol. The van der Waals surface area contributed by atoms with E-state index in [9.17, 15) is 13.2 Å². The molecule has 0 spiro atoms. The van der Waals surface area contributed by atoms with Crippen molar-refractivity contribution in [2.75, 3.05) is 0 Å². The molecule has 2 rings (SSSR count). The number of hydrogen-bond acceptors (Lipinski definition) is 4. The van der Waals surface area contributed by atoms with Gasteiger partial charge in [-0.2, -0.15) is 0 Å². The summed E-state index contributed by atoms with van der Waals surface area (Å²) in [4.78, 5) is 12.0. The number of nitrogens with one attached hydrogen (secondary N) is 1.